The first-order valence-electron chi connectivity index (χ1n) is 12.0. The molecule has 1 aromatic heterocycles. The number of para-hydroxylation sites is 1. The number of carbonyl (C=O) groups excluding carboxylic acids is 2. The zero-order valence-electron chi connectivity index (χ0n) is 20.7. The van der Waals surface area contributed by atoms with Crippen LogP contribution in [0.3, 0.4) is 0 Å². The zero-order valence-corrected chi connectivity index (χ0v) is 20.7. The van der Waals surface area contributed by atoms with E-state index in [2.05, 4.69) is 4.98 Å². The van der Waals surface area contributed by atoms with Crippen LogP contribution in [0.15, 0.2) is 54.6 Å². The number of hydroxylamine groups is 1. The average molecular weight is 493 g/mol. The van der Waals surface area contributed by atoms with Gasteiger partial charge in [-0.1, -0.05) is 44.2 Å². The van der Waals surface area contributed by atoms with Crippen LogP contribution in [0, 0.1) is 5.92 Å². The number of methoxy groups -OCH3 is 1. The lowest BCUT2D eigenvalue weighted by atomic mass is 9.89. The highest BCUT2D eigenvalue weighted by molar-refractivity contribution is 5.94. The summed E-state index contributed by atoms with van der Waals surface area (Å²) in [7, 11) is 1.58. The van der Waals surface area contributed by atoms with E-state index in [1.807, 2.05) is 44.2 Å². The van der Waals surface area contributed by atoms with Gasteiger partial charge in [0.15, 0.2) is 0 Å². The second kappa shape index (κ2) is 10.5. The molecule has 0 unspecified atom stereocenters. The smallest absolute Gasteiger partial charge is 0.266 e. The molecular formula is C27H32N4O5. The van der Waals surface area contributed by atoms with E-state index in [0.29, 0.717) is 43.2 Å². The summed E-state index contributed by atoms with van der Waals surface area (Å²) in [5, 5.41) is 10.2. The molecule has 2 heterocycles. The number of aromatic nitrogens is 1. The predicted octanol–water partition coefficient (Wildman–Crippen LogP) is 3.13. The monoisotopic (exact) mass is 492 g/mol. The number of nitrogens with two attached hydrogens (primary N) is 1. The molecule has 1 fully saturated rings. The minimum absolute atomic E-state index is 0.154. The Labute approximate surface area is 210 Å². The number of nitrogens with one attached hydrogen (secondary N) is 1. The number of hydrogen-bond donors (Lipinski definition) is 3. The quantitative estimate of drug-likeness (QED) is 0.309. The van der Waals surface area contributed by atoms with Crippen molar-refractivity contribution >= 4 is 22.7 Å². The lowest BCUT2D eigenvalue weighted by Crippen LogP contribution is -2.52. The number of pyridine rings is 1. The van der Waals surface area contributed by atoms with Crippen molar-refractivity contribution in [3.05, 3.63) is 65.7 Å². The summed E-state index contributed by atoms with van der Waals surface area (Å²) < 4.78 is 11.3. The SMILES string of the molecule is COc1cc(COc2ccc([C@]3(N)CCN([C@H](CC(C)C)C(=O)NO)C3=O)cc2)c2ccccc2n1. The minimum Gasteiger partial charge on any atom is -0.489 e. The topological polar surface area (TPSA) is 127 Å². The Morgan fingerprint density at radius 2 is 1.94 bits per heavy atom. The molecule has 9 nitrogen and oxygen atoms in total. The highest BCUT2D eigenvalue weighted by atomic mass is 16.5. The molecule has 4 rings (SSSR count). The highest BCUT2D eigenvalue weighted by Crippen LogP contribution is 2.34. The van der Waals surface area contributed by atoms with Gasteiger partial charge in [-0.25, -0.2) is 10.5 Å². The molecule has 2 aromatic carbocycles. The highest BCUT2D eigenvalue weighted by Gasteiger charge is 2.48. The molecule has 190 valence electrons. The number of likely N-dealkylation sites (tertiary alicyclic amines) is 1. The van der Waals surface area contributed by atoms with Crippen molar-refractivity contribution in [3.8, 4) is 11.6 Å². The molecule has 1 aliphatic rings. The Kier molecular flexibility index (Phi) is 7.42. The van der Waals surface area contributed by atoms with Gasteiger partial charge in [0, 0.05) is 23.6 Å². The largest absolute Gasteiger partial charge is 0.489 e. The van der Waals surface area contributed by atoms with Crippen LogP contribution >= 0.6 is 0 Å². The maximum absolute atomic E-state index is 13.3. The first-order chi connectivity index (χ1) is 17.3. The van der Waals surface area contributed by atoms with Gasteiger partial charge in [0.05, 0.1) is 12.6 Å². The van der Waals surface area contributed by atoms with Crippen LogP contribution < -0.4 is 20.7 Å². The number of carbonyl (C=O) groups is 2. The fraction of sp³-hybridized carbons (Fsp3) is 0.370. The van der Waals surface area contributed by atoms with Gasteiger partial charge in [0.25, 0.3) is 5.91 Å². The summed E-state index contributed by atoms with van der Waals surface area (Å²) in [5.41, 5.74) is 9.43. The van der Waals surface area contributed by atoms with Crippen LogP contribution in [0.4, 0.5) is 0 Å². The molecular weight excluding hydrogens is 460 g/mol. The van der Waals surface area contributed by atoms with E-state index in [-0.39, 0.29) is 11.8 Å². The molecule has 9 heteroatoms. The molecule has 0 aliphatic carbocycles. The fourth-order valence-electron chi connectivity index (χ4n) is 4.68. The van der Waals surface area contributed by atoms with Crippen LogP contribution in [-0.4, -0.2) is 46.6 Å². The fourth-order valence-corrected chi connectivity index (χ4v) is 4.68. The molecule has 36 heavy (non-hydrogen) atoms. The first kappa shape index (κ1) is 25.4. The normalized spacial score (nSPS) is 18.5. The molecule has 1 saturated heterocycles. The molecule has 0 saturated carbocycles. The third-order valence-corrected chi connectivity index (χ3v) is 6.62. The van der Waals surface area contributed by atoms with Gasteiger partial charge < -0.3 is 20.1 Å². The molecule has 2 atom stereocenters. The summed E-state index contributed by atoms with van der Waals surface area (Å²) >= 11 is 0. The second-order valence-electron chi connectivity index (χ2n) is 9.50. The van der Waals surface area contributed by atoms with E-state index in [9.17, 15) is 9.59 Å². The molecule has 0 bridgehead atoms. The summed E-state index contributed by atoms with van der Waals surface area (Å²) in [6.07, 6.45) is 0.789. The van der Waals surface area contributed by atoms with Crippen LogP contribution in [-0.2, 0) is 21.7 Å². The van der Waals surface area contributed by atoms with Gasteiger partial charge in [-0.05, 0) is 42.5 Å². The van der Waals surface area contributed by atoms with Crippen molar-refractivity contribution in [2.24, 2.45) is 11.7 Å². The Morgan fingerprint density at radius 1 is 1.22 bits per heavy atom. The summed E-state index contributed by atoms with van der Waals surface area (Å²) in [5.74, 6) is 0.359. The molecule has 0 spiro atoms. The predicted molar refractivity (Wildman–Crippen MR) is 134 cm³/mol. The van der Waals surface area contributed by atoms with Gasteiger partial charge in [-0.2, -0.15) is 0 Å². The number of fused-ring (bicyclic) bond motifs is 1. The molecule has 0 radical (unpaired) electrons. The Morgan fingerprint density at radius 3 is 2.61 bits per heavy atom. The van der Waals surface area contributed by atoms with E-state index >= 15 is 0 Å². The second-order valence-corrected chi connectivity index (χ2v) is 9.50. The van der Waals surface area contributed by atoms with Crippen molar-refractivity contribution in [2.45, 2.75) is 44.9 Å². The summed E-state index contributed by atoms with van der Waals surface area (Å²) in [6, 6.07) is 16.0. The molecule has 4 N–H and O–H groups in total. The number of nitrogens with zero attached hydrogens (tertiary/aromatic N) is 2. The van der Waals surface area contributed by atoms with Crippen molar-refractivity contribution in [1.29, 1.82) is 0 Å². The van der Waals surface area contributed by atoms with Gasteiger partial charge in [-0.15, -0.1) is 0 Å². The Balaban J connectivity index is 1.49. The van der Waals surface area contributed by atoms with Crippen molar-refractivity contribution in [1.82, 2.24) is 15.4 Å². The number of hydrogen-bond acceptors (Lipinski definition) is 7. The maximum atomic E-state index is 13.3. The lowest BCUT2D eigenvalue weighted by Gasteiger charge is -2.30. The first-order valence-corrected chi connectivity index (χ1v) is 12.0. The number of benzene rings is 2. The minimum atomic E-state index is -1.25. The van der Waals surface area contributed by atoms with Crippen molar-refractivity contribution in [2.75, 3.05) is 13.7 Å². The van der Waals surface area contributed by atoms with Gasteiger partial charge in [0.2, 0.25) is 11.8 Å². The third kappa shape index (κ3) is 4.98. The summed E-state index contributed by atoms with van der Waals surface area (Å²) in [4.78, 5) is 31.5. The molecule has 2 amide bonds. The maximum Gasteiger partial charge on any atom is 0.266 e. The van der Waals surface area contributed by atoms with E-state index < -0.39 is 17.5 Å². The standard InChI is InChI=1S/C27H32N4O5/c1-17(2)14-23(25(32)30-34)31-13-12-27(28,26(31)33)19-8-10-20(11-9-19)36-16-18-15-24(35-3)29-22-7-5-4-6-21(18)22/h4-11,15,17,23,34H,12-14,16,28H2,1-3H3,(H,30,32)/t23-,27-/m1/s1. The van der Waals surface area contributed by atoms with Crippen molar-refractivity contribution < 1.29 is 24.3 Å². The van der Waals surface area contributed by atoms with E-state index in [0.717, 1.165) is 16.5 Å². The number of rotatable bonds is 9. The van der Waals surface area contributed by atoms with Gasteiger partial charge >= 0.3 is 0 Å². The van der Waals surface area contributed by atoms with Crippen LogP contribution in [0.1, 0.15) is 37.8 Å². The van der Waals surface area contributed by atoms with E-state index in [1.165, 1.54) is 4.90 Å². The lowest BCUT2D eigenvalue weighted by molar-refractivity contribution is -0.144. The number of amides is 2. The van der Waals surface area contributed by atoms with E-state index in [4.69, 9.17) is 20.4 Å². The summed E-state index contributed by atoms with van der Waals surface area (Å²) in [6.45, 7) is 4.55. The van der Waals surface area contributed by atoms with Gasteiger partial charge in [0.1, 0.15) is 23.9 Å². The van der Waals surface area contributed by atoms with Gasteiger partial charge in [-0.3, -0.25) is 14.8 Å². The van der Waals surface area contributed by atoms with E-state index in [1.54, 1.807) is 36.9 Å². The number of ether oxygens (including phenoxy) is 2. The van der Waals surface area contributed by atoms with Crippen LogP contribution in [0.2, 0.25) is 0 Å². The van der Waals surface area contributed by atoms with Crippen LogP contribution in [0.25, 0.3) is 10.9 Å². The van der Waals surface area contributed by atoms with Crippen molar-refractivity contribution in [3.63, 3.8) is 0 Å². The molecule has 3 aromatic rings. The average Bonchev–Trinajstić information content (AvgIpc) is 3.20. The Hall–Kier alpha value is -3.69. The van der Waals surface area contributed by atoms with Crippen LogP contribution in [0.5, 0.6) is 11.6 Å². The third-order valence-electron chi connectivity index (χ3n) is 6.62. The molecule has 1 aliphatic heterocycles. The zero-order chi connectivity index (χ0) is 25.9. The Bertz CT molecular complexity index is 1250.